The SMILES string of the molecule is CSCC(CCO)NC(C)c1sc(C(C)(C)C)nc1C. The van der Waals surface area contributed by atoms with Crippen molar-refractivity contribution in [3.8, 4) is 0 Å². The average molecular weight is 317 g/mol. The van der Waals surface area contributed by atoms with Gasteiger partial charge in [-0.1, -0.05) is 20.8 Å². The fourth-order valence-electron chi connectivity index (χ4n) is 2.13. The highest BCUT2D eigenvalue weighted by Crippen LogP contribution is 2.32. The first-order valence-corrected chi connectivity index (χ1v) is 9.34. The minimum absolute atomic E-state index is 0.108. The third kappa shape index (κ3) is 5.02. The first-order valence-electron chi connectivity index (χ1n) is 7.13. The smallest absolute Gasteiger partial charge is 0.0985 e. The van der Waals surface area contributed by atoms with Crippen LogP contribution >= 0.6 is 23.1 Å². The van der Waals surface area contributed by atoms with Gasteiger partial charge in [-0.2, -0.15) is 11.8 Å². The zero-order chi connectivity index (χ0) is 15.3. The average Bonchev–Trinajstić information content (AvgIpc) is 2.72. The van der Waals surface area contributed by atoms with Crippen molar-refractivity contribution < 1.29 is 5.11 Å². The second kappa shape index (κ2) is 7.78. The molecule has 0 saturated carbocycles. The Bertz CT molecular complexity index is 406. The molecule has 0 aliphatic carbocycles. The van der Waals surface area contributed by atoms with Gasteiger partial charge >= 0.3 is 0 Å². The summed E-state index contributed by atoms with van der Waals surface area (Å²) in [6.45, 7) is 11.1. The highest BCUT2D eigenvalue weighted by Gasteiger charge is 2.23. The highest BCUT2D eigenvalue weighted by atomic mass is 32.2. The lowest BCUT2D eigenvalue weighted by atomic mass is 9.98. The van der Waals surface area contributed by atoms with Crippen molar-refractivity contribution in [2.75, 3.05) is 18.6 Å². The van der Waals surface area contributed by atoms with Crippen LogP contribution in [0.2, 0.25) is 0 Å². The molecule has 1 heterocycles. The maximum Gasteiger partial charge on any atom is 0.0985 e. The van der Waals surface area contributed by atoms with Gasteiger partial charge in [-0.3, -0.25) is 0 Å². The molecule has 1 rings (SSSR count). The Morgan fingerprint density at radius 3 is 2.50 bits per heavy atom. The van der Waals surface area contributed by atoms with Crippen LogP contribution in [-0.2, 0) is 5.41 Å². The number of nitrogens with zero attached hydrogens (tertiary/aromatic N) is 1. The van der Waals surface area contributed by atoms with Crippen LogP contribution in [0, 0.1) is 6.92 Å². The molecule has 5 heteroatoms. The first kappa shape index (κ1) is 18.0. The summed E-state index contributed by atoms with van der Waals surface area (Å²) in [7, 11) is 0. The second-order valence-corrected chi connectivity index (χ2v) is 8.21. The summed E-state index contributed by atoms with van der Waals surface area (Å²) < 4.78 is 0. The molecule has 0 radical (unpaired) electrons. The molecular formula is C15H28N2OS2. The van der Waals surface area contributed by atoms with E-state index in [2.05, 4.69) is 46.2 Å². The third-order valence-corrected chi connectivity index (χ3v) is 5.70. The zero-order valence-corrected chi connectivity index (χ0v) is 15.1. The lowest BCUT2D eigenvalue weighted by molar-refractivity contribution is 0.266. The molecule has 0 saturated heterocycles. The van der Waals surface area contributed by atoms with Crippen LogP contribution in [0.1, 0.15) is 55.7 Å². The van der Waals surface area contributed by atoms with E-state index in [-0.39, 0.29) is 18.1 Å². The van der Waals surface area contributed by atoms with Crippen LogP contribution in [0.25, 0.3) is 0 Å². The minimum Gasteiger partial charge on any atom is -0.396 e. The van der Waals surface area contributed by atoms with E-state index in [4.69, 9.17) is 10.1 Å². The number of hydrogen-bond acceptors (Lipinski definition) is 5. The van der Waals surface area contributed by atoms with E-state index in [9.17, 15) is 0 Å². The van der Waals surface area contributed by atoms with Crippen LogP contribution in [0.3, 0.4) is 0 Å². The lowest BCUT2D eigenvalue weighted by Crippen LogP contribution is -2.34. The molecule has 116 valence electrons. The molecule has 2 atom stereocenters. The van der Waals surface area contributed by atoms with Gasteiger partial charge in [-0.05, 0) is 26.5 Å². The molecular weight excluding hydrogens is 288 g/mol. The summed E-state index contributed by atoms with van der Waals surface area (Å²) in [6, 6.07) is 0.636. The molecule has 0 fully saturated rings. The Morgan fingerprint density at radius 2 is 2.05 bits per heavy atom. The molecule has 0 bridgehead atoms. The van der Waals surface area contributed by atoms with Crippen molar-refractivity contribution in [1.82, 2.24) is 10.3 Å². The zero-order valence-electron chi connectivity index (χ0n) is 13.5. The van der Waals surface area contributed by atoms with E-state index >= 15 is 0 Å². The van der Waals surface area contributed by atoms with E-state index in [1.807, 2.05) is 23.1 Å². The van der Waals surface area contributed by atoms with Crippen molar-refractivity contribution >= 4 is 23.1 Å². The number of thioether (sulfide) groups is 1. The molecule has 20 heavy (non-hydrogen) atoms. The van der Waals surface area contributed by atoms with Crippen molar-refractivity contribution in [3.63, 3.8) is 0 Å². The van der Waals surface area contributed by atoms with Crippen molar-refractivity contribution in [3.05, 3.63) is 15.6 Å². The number of hydrogen-bond donors (Lipinski definition) is 2. The van der Waals surface area contributed by atoms with Crippen LogP contribution in [0.15, 0.2) is 0 Å². The van der Waals surface area contributed by atoms with Crippen molar-refractivity contribution in [2.24, 2.45) is 0 Å². The fourth-order valence-corrected chi connectivity index (χ4v) is 3.93. The Balaban J connectivity index is 2.80. The largest absolute Gasteiger partial charge is 0.396 e. The molecule has 0 amide bonds. The van der Waals surface area contributed by atoms with Crippen LogP contribution < -0.4 is 5.32 Å². The summed E-state index contributed by atoms with van der Waals surface area (Å²) in [5.41, 5.74) is 1.24. The summed E-state index contributed by atoms with van der Waals surface area (Å²) in [5, 5.41) is 14.0. The number of aryl methyl sites for hydroxylation is 1. The van der Waals surface area contributed by atoms with Gasteiger partial charge in [0.25, 0.3) is 0 Å². The quantitative estimate of drug-likeness (QED) is 0.808. The number of thiazole rings is 1. The van der Waals surface area contributed by atoms with E-state index in [1.165, 1.54) is 9.88 Å². The maximum absolute atomic E-state index is 9.15. The monoisotopic (exact) mass is 316 g/mol. The number of nitrogens with one attached hydrogen (secondary N) is 1. The van der Waals surface area contributed by atoms with E-state index < -0.39 is 0 Å². The van der Waals surface area contributed by atoms with Gasteiger partial charge in [0.1, 0.15) is 0 Å². The molecule has 1 aromatic rings. The number of aliphatic hydroxyl groups excluding tert-OH is 1. The molecule has 2 N–H and O–H groups in total. The summed E-state index contributed by atoms with van der Waals surface area (Å²) in [6.07, 6.45) is 2.90. The summed E-state index contributed by atoms with van der Waals surface area (Å²) in [5.74, 6) is 1.02. The van der Waals surface area contributed by atoms with Crippen molar-refractivity contribution in [1.29, 1.82) is 0 Å². The van der Waals surface area contributed by atoms with Crippen molar-refractivity contribution in [2.45, 2.75) is 58.5 Å². The number of aromatic nitrogens is 1. The Kier molecular flexibility index (Phi) is 6.98. The molecule has 0 aromatic carbocycles. The second-order valence-electron chi connectivity index (χ2n) is 6.27. The predicted molar refractivity (Wildman–Crippen MR) is 91.0 cm³/mol. The Morgan fingerprint density at radius 1 is 1.40 bits per heavy atom. The van der Waals surface area contributed by atoms with Gasteiger partial charge in [0.2, 0.25) is 0 Å². The number of aliphatic hydroxyl groups is 1. The maximum atomic E-state index is 9.15. The van der Waals surface area contributed by atoms with Gasteiger partial charge in [0, 0.05) is 34.7 Å². The highest BCUT2D eigenvalue weighted by molar-refractivity contribution is 7.98. The molecule has 0 spiro atoms. The fraction of sp³-hybridized carbons (Fsp3) is 0.800. The Labute approximate surface area is 131 Å². The van der Waals surface area contributed by atoms with Gasteiger partial charge in [0.15, 0.2) is 0 Å². The van der Waals surface area contributed by atoms with Crippen LogP contribution in [0.4, 0.5) is 0 Å². The third-order valence-electron chi connectivity index (χ3n) is 3.20. The standard InChI is InChI=1S/C15H28N2OS2/c1-10(16-12(7-8-18)9-19-6)13-11(2)17-14(20-13)15(3,4)5/h10,12,16,18H,7-9H2,1-6H3. The molecule has 1 aromatic heterocycles. The van der Waals surface area contributed by atoms with Gasteiger partial charge in [-0.15, -0.1) is 11.3 Å². The molecule has 0 aliphatic rings. The minimum atomic E-state index is 0.108. The predicted octanol–water partition coefficient (Wildman–Crippen LogP) is 3.51. The normalized spacial score (nSPS) is 15.3. The molecule has 2 unspecified atom stereocenters. The lowest BCUT2D eigenvalue weighted by Gasteiger charge is -2.22. The van der Waals surface area contributed by atoms with E-state index in [0.29, 0.717) is 6.04 Å². The van der Waals surface area contributed by atoms with Gasteiger partial charge in [0.05, 0.1) is 10.7 Å². The summed E-state index contributed by atoms with van der Waals surface area (Å²) >= 11 is 3.62. The topological polar surface area (TPSA) is 45.1 Å². The van der Waals surface area contributed by atoms with Crippen LogP contribution in [0.5, 0.6) is 0 Å². The van der Waals surface area contributed by atoms with E-state index in [0.717, 1.165) is 17.9 Å². The molecule has 3 nitrogen and oxygen atoms in total. The Hall–Kier alpha value is -0.100. The van der Waals surface area contributed by atoms with Gasteiger partial charge < -0.3 is 10.4 Å². The van der Waals surface area contributed by atoms with E-state index in [1.54, 1.807) is 0 Å². The number of rotatable bonds is 7. The molecule has 0 aliphatic heterocycles. The van der Waals surface area contributed by atoms with Gasteiger partial charge in [-0.25, -0.2) is 4.98 Å². The van der Waals surface area contributed by atoms with Crippen LogP contribution in [-0.4, -0.2) is 34.7 Å². The first-order chi connectivity index (χ1) is 9.29. The summed E-state index contributed by atoms with van der Waals surface area (Å²) in [4.78, 5) is 6.04.